The van der Waals surface area contributed by atoms with Crippen LogP contribution < -0.4 is 30.8 Å². The van der Waals surface area contributed by atoms with E-state index in [1.54, 1.807) is 18.8 Å². The summed E-state index contributed by atoms with van der Waals surface area (Å²) in [5.74, 6) is 0. The van der Waals surface area contributed by atoms with Crippen molar-refractivity contribution in [1.82, 2.24) is 30.8 Å². The molecule has 0 aliphatic rings. The van der Waals surface area contributed by atoms with Gasteiger partial charge in [-0.15, -0.1) is 0 Å². The summed E-state index contributed by atoms with van der Waals surface area (Å²) in [6.45, 7) is 0. The van der Waals surface area contributed by atoms with Gasteiger partial charge in [0.25, 0.3) is 0 Å². The van der Waals surface area contributed by atoms with Crippen LogP contribution in [-0.4, -0.2) is 0 Å². The molecule has 7 heavy (non-hydrogen) atoms. The van der Waals surface area contributed by atoms with E-state index in [4.69, 9.17) is 0 Å². The zero-order valence-corrected chi connectivity index (χ0v) is 7.26. The van der Waals surface area contributed by atoms with Crippen LogP contribution in [0, 0.1) is 0 Å². The molecule has 5 nitrogen and oxygen atoms in total. The van der Waals surface area contributed by atoms with Crippen LogP contribution in [0.5, 0.6) is 0 Å². The van der Waals surface area contributed by atoms with Gasteiger partial charge in [0.1, 0.15) is 0 Å². The number of rotatable bonds is 0. The first kappa shape index (κ1) is 113. The van der Waals surface area contributed by atoms with Crippen molar-refractivity contribution in [3.63, 3.8) is 0 Å². The average Bonchev–Trinajstić information content (AvgIpc) is 1.00. The Hall–Kier alpha value is 0.778. The second-order valence-corrected chi connectivity index (χ2v) is 0. The van der Waals surface area contributed by atoms with Gasteiger partial charge >= 0.3 is 28.2 Å². The van der Waals surface area contributed by atoms with E-state index in [-0.39, 0.29) is 30.8 Å². The standard InChI is InChI=1S/ClH.5H3N.Pt/h1H;5*1H3;/q;;;;;;+1/p-1. The molecule has 0 aromatic heterocycles. The fraction of sp³-hybridized carbons (Fsp3) is 0. The molecule has 0 saturated carbocycles. The van der Waals surface area contributed by atoms with Crippen molar-refractivity contribution in [2.24, 2.45) is 0 Å². The summed E-state index contributed by atoms with van der Waals surface area (Å²) < 4.78 is 0. The van der Waals surface area contributed by atoms with E-state index in [0.29, 0.717) is 0 Å². The van der Waals surface area contributed by atoms with Crippen LogP contribution in [0.4, 0.5) is 0 Å². The summed E-state index contributed by atoms with van der Waals surface area (Å²) in [6, 6.07) is 0. The third-order valence-electron chi connectivity index (χ3n) is 0. The Kier molecular flexibility index (Phi) is 6030. The number of halogens is 1. The summed E-state index contributed by atoms with van der Waals surface area (Å²) in [5, 5.41) is 0. The molecular formula is H15ClN5Pt. The molecule has 0 rings (SSSR count). The van der Waals surface area contributed by atoms with Gasteiger partial charge in [-0.25, -0.2) is 0 Å². The average molecular weight is 316 g/mol. The molecule has 0 aromatic rings. The van der Waals surface area contributed by atoms with Gasteiger partial charge in [0.15, 0.2) is 0 Å². The van der Waals surface area contributed by atoms with E-state index in [0.717, 1.165) is 0 Å². The molecule has 57 valence electrons. The van der Waals surface area contributed by atoms with E-state index >= 15 is 0 Å². The zero-order chi connectivity index (χ0) is 2.00. The Bertz CT molecular complexity index is 8.04. The molecule has 0 unspecified atom stereocenters. The van der Waals surface area contributed by atoms with Gasteiger partial charge in [0.2, 0.25) is 0 Å². The molecule has 0 aliphatic heterocycles. The third kappa shape index (κ3) is 255. The van der Waals surface area contributed by atoms with Crippen molar-refractivity contribution >= 4 is 9.42 Å². The minimum absolute atomic E-state index is 0. The van der Waals surface area contributed by atoms with Crippen LogP contribution in [0.1, 0.15) is 0 Å². The SMILES string of the molecule is N.N.N.N.N.[Cl][Pt]. The van der Waals surface area contributed by atoms with Crippen LogP contribution in [0.3, 0.4) is 0 Å². The van der Waals surface area contributed by atoms with Gasteiger partial charge in [-0.05, 0) is 0 Å². The maximum absolute atomic E-state index is 4.61. The Balaban J connectivity index is -0.000000000500. The van der Waals surface area contributed by atoms with Gasteiger partial charge in [-0.3, -0.25) is 0 Å². The quantitative estimate of drug-likeness (QED) is 0.454. The summed E-state index contributed by atoms with van der Waals surface area (Å²) in [4.78, 5) is 0. The van der Waals surface area contributed by atoms with E-state index in [1.165, 1.54) is 0 Å². The molecule has 0 amide bonds. The van der Waals surface area contributed by atoms with Crippen LogP contribution >= 0.6 is 9.42 Å². The van der Waals surface area contributed by atoms with Gasteiger partial charge in [-0.2, -0.15) is 0 Å². The van der Waals surface area contributed by atoms with Crippen molar-refractivity contribution in [3.05, 3.63) is 0 Å². The first-order valence-electron chi connectivity index (χ1n) is 0.120. The second-order valence-electron chi connectivity index (χ2n) is 0. The summed E-state index contributed by atoms with van der Waals surface area (Å²) in [5.41, 5.74) is 0. The summed E-state index contributed by atoms with van der Waals surface area (Å²) in [6.07, 6.45) is 0. The Morgan fingerprint density at radius 1 is 0.571 bits per heavy atom. The van der Waals surface area contributed by atoms with Crippen molar-refractivity contribution in [2.45, 2.75) is 0 Å². The maximum atomic E-state index is 4.61. The van der Waals surface area contributed by atoms with Crippen molar-refractivity contribution in [1.29, 1.82) is 0 Å². The van der Waals surface area contributed by atoms with Gasteiger partial charge in [0.05, 0.1) is 0 Å². The number of hydrogen-bond donors (Lipinski definition) is 5. The van der Waals surface area contributed by atoms with E-state index < -0.39 is 0 Å². The van der Waals surface area contributed by atoms with Crippen LogP contribution in [0.2, 0.25) is 0 Å². The predicted molar refractivity (Wildman–Crippen MR) is 31.0 cm³/mol. The summed E-state index contributed by atoms with van der Waals surface area (Å²) >= 11 is 1.61. The molecule has 0 aliphatic carbocycles. The van der Waals surface area contributed by atoms with Crippen LogP contribution in [-0.2, 0) is 18.8 Å². The fourth-order valence-electron chi connectivity index (χ4n) is 0. The minimum atomic E-state index is 0. The molecular weight excluding hydrogens is 301 g/mol. The molecule has 0 fully saturated rings. The molecule has 0 atom stereocenters. The predicted octanol–water partition coefficient (Wildman–Crippen LogP) is 1.50. The molecule has 0 aromatic carbocycles. The van der Waals surface area contributed by atoms with Gasteiger partial charge in [0, 0.05) is 0 Å². The van der Waals surface area contributed by atoms with Gasteiger partial charge in [-0.1, -0.05) is 0 Å². The molecule has 0 heterocycles. The van der Waals surface area contributed by atoms with E-state index in [1.807, 2.05) is 0 Å². The Morgan fingerprint density at radius 2 is 0.571 bits per heavy atom. The molecule has 15 N–H and O–H groups in total. The fourth-order valence-corrected chi connectivity index (χ4v) is 0. The first-order valence-corrected chi connectivity index (χ1v) is 2.94. The third-order valence-corrected chi connectivity index (χ3v) is 0. The van der Waals surface area contributed by atoms with Crippen molar-refractivity contribution in [3.8, 4) is 0 Å². The molecule has 0 saturated heterocycles. The molecule has 0 radical (unpaired) electrons. The number of hydrogen-bond acceptors (Lipinski definition) is 5. The van der Waals surface area contributed by atoms with Crippen LogP contribution in [0.15, 0.2) is 0 Å². The van der Waals surface area contributed by atoms with E-state index in [2.05, 4.69) is 9.42 Å². The zero-order valence-electron chi connectivity index (χ0n) is 4.23. The molecule has 0 spiro atoms. The normalized spacial score (nSPS) is 1.00. The van der Waals surface area contributed by atoms with Gasteiger partial charge < -0.3 is 30.8 Å². The molecule has 0 bridgehead atoms. The summed E-state index contributed by atoms with van der Waals surface area (Å²) in [7, 11) is 4.61. The monoisotopic (exact) mass is 315 g/mol. The van der Waals surface area contributed by atoms with Crippen LogP contribution in [0.25, 0.3) is 0 Å². The Morgan fingerprint density at radius 3 is 0.571 bits per heavy atom. The topological polar surface area (TPSA) is 175 Å². The second kappa shape index (κ2) is 374. The molecule has 7 heteroatoms. The van der Waals surface area contributed by atoms with Crippen molar-refractivity contribution in [2.75, 3.05) is 0 Å². The Labute approximate surface area is 59.3 Å². The van der Waals surface area contributed by atoms with E-state index in [9.17, 15) is 0 Å². The first-order chi connectivity index (χ1) is 1.00. The van der Waals surface area contributed by atoms with Crippen molar-refractivity contribution < 1.29 is 18.8 Å².